The molecule has 1 aromatic rings. The lowest BCUT2D eigenvalue weighted by molar-refractivity contribution is 0.413. The Labute approximate surface area is 95.2 Å². The third-order valence-corrected chi connectivity index (χ3v) is 4.05. The summed E-state index contributed by atoms with van der Waals surface area (Å²) in [5.74, 6) is 3.74. The van der Waals surface area contributed by atoms with Crippen molar-refractivity contribution in [1.82, 2.24) is 0 Å². The van der Waals surface area contributed by atoms with Gasteiger partial charge in [-0.05, 0) is 29.9 Å². The lowest BCUT2D eigenvalue weighted by Gasteiger charge is -2.28. The van der Waals surface area contributed by atoms with Crippen LogP contribution in [-0.2, 0) is 0 Å². The van der Waals surface area contributed by atoms with Gasteiger partial charge in [-0.3, -0.25) is 0 Å². The first kappa shape index (κ1) is 10.8. The first-order valence-electron chi connectivity index (χ1n) is 5.28. The van der Waals surface area contributed by atoms with Crippen molar-refractivity contribution in [3.63, 3.8) is 0 Å². The maximum Gasteiger partial charge on any atom is 0.119 e. The number of ether oxygens (including phenoxy) is 1. The molecular weight excluding hydrogens is 206 g/mol. The minimum atomic E-state index is 0.304. The summed E-state index contributed by atoms with van der Waals surface area (Å²) < 4.78 is 5.23. The number of nitrogens with two attached hydrogens (primary N) is 1. The second-order valence-electron chi connectivity index (χ2n) is 3.91. The highest BCUT2D eigenvalue weighted by molar-refractivity contribution is 7.99. The smallest absolute Gasteiger partial charge is 0.119 e. The van der Waals surface area contributed by atoms with Crippen LogP contribution >= 0.6 is 11.8 Å². The maximum absolute atomic E-state index is 6.15. The molecule has 0 aliphatic carbocycles. The second-order valence-corrected chi connectivity index (χ2v) is 5.06. The van der Waals surface area contributed by atoms with Crippen molar-refractivity contribution < 1.29 is 4.74 Å². The normalized spacial score (nSPS) is 26.3. The predicted molar refractivity (Wildman–Crippen MR) is 65.7 cm³/mol. The largest absolute Gasteiger partial charge is 0.497 e. The monoisotopic (exact) mass is 223 g/mol. The van der Waals surface area contributed by atoms with E-state index in [2.05, 4.69) is 12.1 Å². The molecule has 1 saturated heterocycles. The van der Waals surface area contributed by atoms with E-state index in [-0.39, 0.29) is 0 Å². The molecule has 1 aliphatic heterocycles. The molecule has 1 aliphatic rings. The third-order valence-electron chi connectivity index (χ3n) is 2.93. The topological polar surface area (TPSA) is 35.2 Å². The van der Waals surface area contributed by atoms with Crippen LogP contribution in [0.5, 0.6) is 5.75 Å². The molecule has 15 heavy (non-hydrogen) atoms. The fourth-order valence-corrected chi connectivity index (χ4v) is 3.27. The van der Waals surface area contributed by atoms with Gasteiger partial charge >= 0.3 is 0 Å². The SMILES string of the molecule is COc1cccc(C2CSCCC2N)c1. The Morgan fingerprint density at radius 3 is 3.07 bits per heavy atom. The van der Waals surface area contributed by atoms with Crippen LogP contribution in [0.2, 0.25) is 0 Å². The van der Waals surface area contributed by atoms with E-state index in [1.165, 1.54) is 11.3 Å². The van der Waals surface area contributed by atoms with Crippen molar-refractivity contribution in [2.24, 2.45) is 5.73 Å². The summed E-state index contributed by atoms with van der Waals surface area (Å²) in [7, 11) is 1.70. The van der Waals surface area contributed by atoms with Crippen molar-refractivity contribution in [2.75, 3.05) is 18.6 Å². The number of hydrogen-bond donors (Lipinski definition) is 1. The Hall–Kier alpha value is -0.670. The Morgan fingerprint density at radius 2 is 2.33 bits per heavy atom. The van der Waals surface area contributed by atoms with Gasteiger partial charge in [-0.25, -0.2) is 0 Å². The van der Waals surface area contributed by atoms with E-state index in [0.29, 0.717) is 12.0 Å². The van der Waals surface area contributed by atoms with Crippen molar-refractivity contribution in [2.45, 2.75) is 18.4 Å². The molecule has 2 unspecified atom stereocenters. The molecule has 2 atom stereocenters. The quantitative estimate of drug-likeness (QED) is 0.835. The van der Waals surface area contributed by atoms with Crippen molar-refractivity contribution in [3.05, 3.63) is 29.8 Å². The van der Waals surface area contributed by atoms with Crippen LogP contribution in [0.15, 0.2) is 24.3 Å². The average molecular weight is 223 g/mol. The molecule has 82 valence electrons. The lowest BCUT2D eigenvalue weighted by Crippen LogP contribution is -2.33. The van der Waals surface area contributed by atoms with E-state index >= 15 is 0 Å². The van der Waals surface area contributed by atoms with E-state index in [4.69, 9.17) is 10.5 Å². The van der Waals surface area contributed by atoms with Crippen molar-refractivity contribution >= 4 is 11.8 Å². The zero-order chi connectivity index (χ0) is 10.7. The third kappa shape index (κ3) is 2.47. The minimum absolute atomic E-state index is 0.304. The van der Waals surface area contributed by atoms with Crippen LogP contribution in [0.3, 0.4) is 0 Å². The van der Waals surface area contributed by atoms with Gasteiger partial charge in [-0.15, -0.1) is 0 Å². The summed E-state index contributed by atoms with van der Waals surface area (Å²) in [5.41, 5.74) is 7.46. The summed E-state index contributed by atoms with van der Waals surface area (Å²) in [6, 6.07) is 8.58. The fraction of sp³-hybridized carbons (Fsp3) is 0.500. The summed E-state index contributed by atoms with van der Waals surface area (Å²) >= 11 is 1.99. The van der Waals surface area contributed by atoms with Gasteiger partial charge in [0, 0.05) is 17.7 Å². The van der Waals surface area contributed by atoms with Gasteiger partial charge in [0.2, 0.25) is 0 Å². The Morgan fingerprint density at radius 1 is 1.47 bits per heavy atom. The van der Waals surface area contributed by atoms with Gasteiger partial charge < -0.3 is 10.5 Å². The van der Waals surface area contributed by atoms with Crippen LogP contribution in [-0.4, -0.2) is 24.7 Å². The molecule has 1 heterocycles. The number of rotatable bonds is 2. The molecule has 2 nitrogen and oxygen atoms in total. The summed E-state index contributed by atoms with van der Waals surface area (Å²) in [6.07, 6.45) is 1.12. The van der Waals surface area contributed by atoms with Gasteiger partial charge in [0.1, 0.15) is 5.75 Å². The second kappa shape index (κ2) is 4.90. The van der Waals surface area contributed by atoms with E-state index < -0.39 is 0 Å². The van der Waals surface area contributed by atoms with E-state index in [0.717, 1.165) is 17.9 Å². The molecule has 0 saturated carbocycles. The van der Waals surface area contributed by atoms with Gasteiger partial charge in [-0.2, -0.15) is 11.8 Å². The molecule has 0 spiro atoms. The lowest BCUT2D eigenvalue weighted by atomic mass is 9.91. The molecular formula is C12H17NOS. The molecule has 0 bridgehead atoms. The summed E-state index contributed by atoms with van der Waals surface area (Å²) in [4.78, 5) is 0. The van der Waals surface area contributed by atoms with E-state index in [1.807, 2.05) is 23.9 Å². The average Bonchev–Trinajstić information content (AvgIpc) is 2.30. The number of methoxy groups -OCH3 is 1. The van der Waals surface area contributed by atoms with Gasteiger partial charge in [0.15, 0.2) is 0 Å². The predicted octanol–water partition coefficient (Wildman–Crippen LogP) is 2.24. The molecule has 1 fully saturated rings. The standard InChI is InChI=1S/C12H17NOS/c1-14-10-4-2-3-9(7-10)11-8-15-6-5-12(11)13/h2-4,7,11-12H,5-6,8,13H2,1H3. The molecule has 1 aromatic carbocycles. The molecule has 2 rings (SSSR count). The maximum atomic E-state index is 6.15. The summed E-state index contributed by atoms with van der Waals surface area (Å²) in [6.45, 7) is 0. The Bertz CT molecular complexity index is 329. The van der Waals surface area contributed by atoms with Crippen LogP contribution in [0.1, 0.15) is 17.9 Å². The number of hydrogen-bond acceptors (Lipinski definition) is 3. The van der Waals surface area contributed by atoms with Gasteiger partial charge in [-0.1, -0.05) is 12.1 Å². The van der Waals surface area contributed by atoms with E-state index in [9.17, 15) is 0 Å². The zero-order valence-electron chi connectivity index (χ0n) is 8.98. The highest BCUT2D eigenvalue weighted by Crippen LogP contribution is 2.31. The highest BCUT2D eigenvalue weighted by atomic mass is 32.2. The molecule has 0 aromatic heterocycles. The fourth-order valence-electron chi connectivity index (χ4n) is 1.97. The molecule has 2 N–H and O–H groups in total. The Balaban J connectivity index is 2.19. The zero-order valence-corrected chi connectivity index (χ0v) is 9.80. The molecule has 0 amide bonds. The van der Waals surface area contributed by atoms with Crippen molar-refractivity contribution in [3.8, 4) is 5.75 Å². The number of benzene rings is 1. The van der Waals surface area contributed by atoms with Crippen LogP contribution < -0.4 is 10.5 Å². The first-order chi connectivity index (χ1) is 7.31. The molecule has 0 radical (unpaired) electrons. The minimum Gasteiger partial charge on any atom is -0.497 e. The molecule has 3 heteroatoms. The van der Waals surface area contributed by atoms with E-state index in [1.54, 1.807) is 7.11 Å². The van der Waals surface area contributed by atoms with Gasteiger partial charge in [0.05, 0.1) is 7.11 Å². The highest BCUT2D eigenvalue weighted by Gasteiger charge is 2.23. The van der Waals surface area contributed by atoms with Crippen LogP contribution in [0.25, 0.3) is 0 Å². The van der Waals surface area contributed by atoms with Crippen molar-refractivity contribution in [1.29, 1.82) is 0 Å². The summed E-state index contributed by atoms with van der Waals surface area (Å²) in [5, 5.41) is 0. The van der Waals surface area contributed by atoms with Crippen LogP contribution in [0, 0.1) is 0 Å². The first-order valence-corrected chi connectivity index (χ1v) is 6.44. The van der Waals surface area contributed by atoms with Gasteiger partial charge in [0.25, 0.3) is 0 Å². The number of thioether (sulfide) groups is 1. The Kier molecular flexibility index (Phi) is 3.54. The van der Waals surface area contributed by atoms with Crippen LogP contribution in [0.4, 0.5) is 0 Å².